The average molecular weight is 266 g/mol. The molecule has 0 unspecified atom stereocenters. The van der Waals surface area contributed by atoms with Crippen molar-refractivity contribution in [3.05, 3.63) is 0 Å². The van der Waals surface area contributed by atoms with Gasteiger partial charge < -0.3 is 0 Å². The molecule has 9 nitrogen and oxygen atoms in total. The van der Waals surface area contributed by atoms with Crippen molar-refractivity contribution in [3.8, 4) is 0 Å². The third-order valence-corrected chi connectivity index (χ3v) is 0. The summed E-state index contributed by atoms with van der Waals surface area (Å²) in [6.45, 7) is 0. The van der Waals surface area contributed by atoms with E-state index in [-0.39, 0.29) is 0 Å². The third kappa shape index (κ3) is 2380. The maximum absolute atomic E-state index is 8.49. The first kappa shape index (κ1) is 18.4. The standard InChI is InChI=1S/2ClHO4.O.V/c2*2-1(3,4)5;;/h2*(H,2,3,4,5);;/q;;;+2/p-2. The first-order valence-electron chi connectivity index (χ1n) is 1.42. The van der Waals surface area contributed by atoms with Crippen molar-refractivity contribution in [3.63, 3.8) is 0 Å². The van der Waals surface area contributed by atoms with Gasteiger partial charge in [0.05, 0.1) is 0 Å². The van der Waals surface area contributed by atoms with E-state index in [2.05, 4.69) is 0 Å². The van der Waals surface area contributed by atoms with E-state index in [1.54, 1.807) is 0 Å². The molecular formula is Cl2O9V. The van der Waals surface area contributed by atoms with Gasteiger partial charge in [-0.05, 0) is 0 Å². The zero-order chi connectivity index (χ0) is 11.0. The van der Waals surface area contributed by atoms with Crippen molar-refractivity contribution < 1.29 is 78.8 Å². The van der Waals surface area contributed by atoms with Crippen molar-refractivity contribution >= 4 is 0 Å². The second kappa shape index (κ2) is 8.25. The van der Waals surface area contributed by atoms with E-state index in [1.165, 1.54) is 0 Å². The second-order valence-electron chi connectivity index (χ2n) is 0.756. The van der Waals surface area contributed by atoms with E-state index in [0.717, 1.165) is 17.4 Å². The molecule has 0 aromatic rings. The number of hydrogen-bond acceptors (Lipinski definition) is 9. The van der Waals surface area contributed by atoms with Crippen LogP contribution in [0.3, 0.4) is 0 Å². The molecule has 0 heterocycles. The van der Waals surface area contributed by atoms with Crippen molar-refractivity contribution in [1.82, 2.24) is 0 Å². The van der Waals surface area contributed by atoms with Gasteiger partial charge in [0.2, 0.25) is 0 Å². The van der Waals surface area contributed by atoms with E-state index in [9.17, 15) is 0 Å². The van der Waals surface area contributed by atoms with E-state index >= 15 is 0 Å². The van der Waals surface area contributed by atoms with E-state index in [0.29, 0.717) is 0 Å². The molecule has 0 amide bonds. The predicted octanol–water partition coefficient (Wildman–Crippen LogP) is -9.63. The van der Waals surface area contributed by atoms with Crippen LogP contribution < -0.4 is 37.3 Å². The Labute approximate surface area is 79.2 Å². The van der Waals surface area contributed by atoms with Crippen molar-refractivity contribution in [1.29, 1.82) is 0 Å². The van der Waals surface area contributed by atoms with Gasteiger partial charge in [-0.2, -0.15) is 0 Å². The van der Waals surface area contributed by atoms with Crippen LogP contribution in [0.15, 0.2) is 0 Å². The summed E-state index contributed by atoms with van der Waals surface area (Å²) in [7, 11) is -9.89. The summed E-state index contributed by atoms with van der Waals surface area (Å²) in [5, 5.41) is 0. The van der Waals surface area contributed by atoms with Crippen molar-refractivity contribution in [2.45, 2.75) is 0 Å². The van der Waals surface area contributed by atoms with Crippen LogP contribution in [0.25, 0.3) is 0 Å². The molecule has 0 N–H and O–H groups in total. The average Bonchev–Trinajstić information content (AvgIpc) is 1.59. The zero-order valence-electron chi connectivity index (χ0n) is 4.88. The Balaban J connectivity index is -0.000000112. The van der Waals surface area contributed by atoms with Gasteiger partial charge in [0, 0.05) is 0 Å². The third-order valence-electron chi connectivity index (χ3n) is 0. The molecule has 0 rings (SSSR count). The fourth-order valence-electron chi connectivity index (χ4n) is 0. The maximum atomic E-state index is 8.49. The number of halogens is 2. The minimum absolute atomic E-state index is 1.06. The summed E-state index contributed by atoms with van der Waals surface area (Å²) in [5.41, 5.74) is 0. The number of hydrogen-bond donors (Lipinski definition) is 0. The Morgan fingerprint density at radius 2 is 0.583 bits per heavy atom. The van der Waals surface area contributed by atoms with Crippen molar-refractivity contribution in [2.75, 3.05) is 0 Å². The molecule has 0 aromatic heterocycles. The second-order valence-corrected chi connectivity index (χ2v) is 2.27. The van der Waals surface area contributed by atoms with Gasteiger partial charge in [0.15, 0.2) is 0 Å². The van der Waals surface area contributed by atoms with E-state index < -0.39 is 20.5 Å². The summed E-state index contributed by atoms with van der Waals surface area (Å²) >= 11 is 1.06. The summed E-state index contributed by atoms with van der Waals surface area (Å²) in [5.74, 6) is 0. The van der Waals surface area contributed by atoms with Crippen LogP contribution in [0.4, 0.5) is 0 Å². The molecule has 0 atom stereocenters. The Hall–Kier alpha value is 0.644. The van der Waals surface area contributed by atoms with Crippen LogP contribution >= 0.6 is 0 Å². The minimum atomic E-state index is -4.94. The molecule has 73 valence electrons. The molecule has 0 aliphatic rings. The first-order valence-corrected chi connectivity index (χ1v) is 4.46. The first-order chi connectivity index (χ1) is 5.00. The molecular weight excluding hydrogens is 266 g/mol. The molecule has 0 fully saturated rings. The van der Waals surface area contributed by atoms with Gasteiger partial charge in [-0.25, -0.2) is 37.3 Å². The van der Waals surface area contributed by atoms with Gasteiger partial charge in [0.25, 0.3) is 0 Å². The molecule has 0 aromatic carbocycles. The van der Waals surface area contributed by atoms with Crippen LogP contribution in [-0.4, -0.2) is 0 Å². The van der Waals surface area contributed by atoms with Crippen LogP contribution in [0.5, 0.6) is 0 Å². The van der Waals surface area contributed by atoms with E-state index in [4.69, 9.17) is 40.9 Å². The molecule has 0 radical (unpaired) electrons. The van der Waals surface area contributed by atoms with Gasteiger partial charge in [0.1, 0.15) is 0 Å². The van der Waals surface area contributed by atoms with Gasteiger partial charge in [-0.3, -0.25) is 0 Å². The monoisotopic (exact) mass is 265 g/mol. The van der Waals surface area contributed by atoms with Crippen LogP contribution in [-0.2, 0) is 21.0 Å². The zero-order valence-corrected chi connectivity index (χ0v) is 7.79. The molecule has 0 aliphatic heterocycles. The Morgan fingerprint density at radius 1 is 0.583 bits per heavy atom. The fraction of sp³-hybridized carbons (Fsp3) is 0. The van der Waals surface area contributed by atoms with Gasteiger partial charge in [-0.15, -0.1) is 20.5 Å². The molecule has 0 aliphatic carbocycles. The van der Waals surface area contributed by atoms with Crippen LogP contribution in [0.1, 0.15) is 0 Å². The summed E-state index contributed by atoms with van der Waals surface area (Å²) in [6.07, 6.45) is 0. The molecule has 0 bridgehead atoms. The van der Waals surface area contributed by atoms with Gasteiger partial charge in [-0.1, -0.05) is 0 Å². The summed E-state index contributed by atoms with van der Waals surface area (Å²) in [4.78, 5) is 0. The Bertz CT molecular complexity index is 65.7. The van der Waals surface area contributed by atoms with E-state index in [1.807, 2.05) is 0 Å². The molecule has 0 spiro atoms. The molecule has 0 saturated heterocycles. The summed E-state index contributed by atoms with van der Waals surface area (Å²) < 4.78 is 76.1. The van der Waals surface area contributed by atoms with Gasteiger partial charge >= 0.3 is 21.0 Å². The number of rotatable bonds is 0. The Kier molecular flexibility index (Phi) is 12.7. The molecule has 0 saturated carbocycles. The summed E-state index contributed by atoms with van der Waals surface area (Å²) in [6, 6.07) is 0. The van der Waals surface area contributed by atoms with Crippen molar-refractivity contribution in [2.24, 2.45) is 0 Å². The predicted molar refractivity (Wildman–Crippen MR) is 0.686 cm³/mol. The normalized spacial score (nSPS) is 10.5. The molecule has 12 heavy (non-hydrogen) atoms. The topological polar surface area (TPSA) is 202 Å². The quantitative estimate of drug-likeness (QED) is 0.407. The Morgan fingerprint density at radius 3 is 0.583 bits per heavy atom. The van der Waals surface area contributed by atoms with Crippen LogP contribution in [0, 0.1) is 20.5 Å². The SMILES string of the molecule is [O-][Cl+3]([O-])([O-])[O-].[O-][Cl+3]([O-])([O-])[O-].[O]=[V+2]. The fourth-order valence-corrected chi connectivity index (χ4v) is 0. The van der Waals surface area contributed by atoms with Crippen LogP contribution in [0.2, 0.25) is 0 Å². The molecule has 12 heteroatoms.